The van der Waals surface area contributed by atoms with Crippen molar-refractivity contribution in [3.05, 3.63) is 28.8 Å². The van der Waals surface area contributed by atoms with E-state index in [0.717, 1.165) is 30.4 Å². The minimum Gasteiger partial charge on any atom is -0.508 e. The lowest BCUT2D eigenvalue weighted by atomic mass is 9.49. The highest BCUT2D eigenvalue weighted by Crippen LogP contribution is 2.57. The number of aliphatic hydroxyl groups is 1. The molecule has 0 saturated heterocycles. The molecule has 2 aliphatic carbocycles. The first-order valence-corrected chi connectivity index (χ1v) is 8.69. The van der Waals surface area contributed by atoms with Gasteiger partial charge in [0.05, 0.1) is 0 Å². The summed E-state index contributed by atoms with van der Waals surface area (Å²) in [5.74, 6) is 0.122. The number of fused-ring (bicyclic) bond motifs is 3. The second-order valence-electron chi connectivity index (χ2n) is 8.66. The van der Waals surface area contributed by atoms with E-state index in [1.807, 2.05) is 19.9 Å². The van der Waals surface area contributed by atoms with E-state index in [1.54, 1.807) is 6.07 Å². The number of ketones is 1. The maximum absolute atomic E-state index is 12.9. The van der Waals surface area contributed by atoms with Crippen molar-refractivity contribution in [3.8, 4) is 5.75 Å². The van der Waals surface area contributed by atoms with Crippen LogP contribution in [0.4, 0.5) is 0 Å². The minimum atomic E-state index is -0.952. The quantitative estimate of drug-likeness (QED) is 0.818. The van der Waals surface area contributed by atoms with Crippen LogP contribution in [0.5, 0.6) is 5.75 Å². The Morgan fingerprint density at radius 3 is 2.43 bits per heavy atom. The molecule has 1 fully saturated rings. The number of benzene rings is 1. The number of phenolic OH excluding ortho intramolecular Hbond substituents is 1. The van der Waals surface area contributed by atoms with Crippen molar-refractivity contribution in [1.82, 2.24) is 0 Å². The van der Waals surface area contributed by atoms with Crippen LogP contribution < -0.4 is 0 Å². The number of Topliss-reactive ketones (excluding diaryl/α,β-unsaturated/α-hetero) is 1. The summed E-state index contributed by atoms with van der Waals surface area (Å²) >= 11 is 0. The van der Waals surface area contributed by atoms with Crippen molar-refractivity contribution in [3.63, 3.8) is 0 Å². The van der Waals surface area contributed by atoms with Crippen LogP contribution in [0.25, 0.3) is 0 Å². The van der Waals surface area contributed by atoms with Gasteiger partial charge in [0.1, 0.15) is 11.9 Å². The molecule has 0 aromatic heterocycles. The van der Waals surface area contributed by atoms with Gasteiger partial charge in [0, 0.05) is 11.5 Å². The van der Waals surface area contributed by atoms with Gasteiger partial charge in [0.15, 0.2) is 5.78 Å². The highest BCUT2D eigenvalue weighted by atomic mass is 16.3. The molecule has 0 radical (unpaired) electrons. The van der Waals surface area contributed by atoms with E-state index in [1.165, 1.54) is 0 Å². The molecular formula is C20H28O3. The molecule has 1 aromatic carbocycles. The fourth-order valence-electron chi connectivity index (χ4n) is 5.22. The Kier molecular flexibility index (Phi) is 3.64. The molecule has 0 bridgehead atoms. The second-order valence-corrected chi connectivity index (χ2v) is 8.66. The van der Waals surface area contributed by atoms with Crippen molar-refractivity contribution in [1.29, 1.82) is 0 Å². The van der Waals surface area contributed by atoms with Crippen molar-refractivity contribution in [2.75, 3.05) is 0 Å². The molecule has 1 saturated carbocycles. The fraction of sp³-hybridized carbons (Fsp3) is 0.650. The molecule has 3 heteroatoms. The van der Waals surface area contributed by atoms with Crippen LogP contribution in [0, 0.1) is 11.3 Å². The summed E-state index contributed by atoms with van der Waals surface area (Å²) in [6.45, 7) is 10.5. The monoisotopic (exact) mass is 316 g/mol. The van der Waals surface area contributed by atoms with E-state index in [9.17, 15) is 15.0 Å². The van der Waals surface area contributed by atoms with Gasteiger partial charge in [-0.1, -0.05) is 41.0 Å². The Labute approximate surface area is 138 Å². The normalized spacial score (nSPS) is 32.6. The van der Waals surface area contributed by atoms with E-state index < -0.39 is 6.10 Å². The summed E-state index contributed by atoms with van der Waals surface area (Å²) in [5.41, 5.74) is 1.95. The van der Waals surface area contributed by atoms with E-state index in [-0.39, 0.29) is 34.2 Å². The number of rotatable bonds is 1. The Balaban J connectivity index is 2.26. The number of carbonyl (C=O) groups excluding carboxylic acids is 1. The highest BCUT2D eigenvalue weighted by molar-refractivity contribution is 6.03. The smallest absolute Gasteiger partial charge is 0.191 e. The van der Waals surface area contributed by atoms with E-state index in [0.29, 0.717) is 5.56 Å². The van der Waals surface area contributed by atoms with E-state index in [2.05, 4.69) is 20.8 Å². The Morgan fingerprint density at radius 2 is 1.83 bits per heavy atom. The van der Waals surface area contributed by atoms with Crippen LogP contribution in [-0.4, -0.2) is 22.1 Å². The largest absolute Gasteiger partial charge is 0.508 e. The van der Waals surface area contributed by atoms with Crippen molar-refractivity contribution >= 4 is 5.78 Å². The third kappa shape index (κ3) is 2.24. The number of aliphatic hydroxyl groups excluding tert-OH is 1. The lowest BCUT2D eigenvalue weighted by molar-refractivity contribution is -0.0389. The van der Waals surface area contributed by atoms with Gasteiger partial charge in [-0.3, -0.25) is 4.79 Å². The molecule has 0 unspecified atom stereocenters. The van der Waals surface area contributed by atoms with Crippen molar-refractivity contribution in [2.45, 2.75) is 71.3 Å². The number of hydrogen-bond donors (Lipinski definition) is 2. The zero-order chi connectivity index (χ0) is 17.2. The highest BCUT2D eigenvalue weighted by Gasteiger charge is 2.56. The van der Waals surface area contributed by atoms with Gasteiger partial charge in [-0.2, -0.15) is 0 Å². The van der Waals surface area contributed by atoms with Crippen LogP contribution in [0.3, 0.4) is 0 Å². The first-order chi connectivity index (χ1) is 10.6. The average Bonchev–Trinajstić information content (AvgIpc) is 2.43. The molecule has 0 amide bonds. The molecule has 0 spiro atoms. The molecule has 126 valence electrons. The number of carbonyl (C=O) groups is 1. The molecule has 3 nitrogen and oxygen atoms in total. The van der Waals surface area contributed by atoms with Gasteiger partial charge in [0.2, 0.25) is 0 Å². The summed E-state index contributed by atoms with van der Waals surface area (Å²) in [5, 5.41) is 21.3. The Morgan fingerprint density at radius 1 is 1.17 bits per heavy atom. The van der Waals surface area contributed by atoms with Crippen LogP contribution in [0.15, 0.2) is 12.1 Å². The van der Waals surface area contributed by atoms with Gasteiger partial charge in [-0.15, -0.1) is 0 Å². The Hall–Kier alpha value is -1.35. The van der Waals surface area contributed by atoms with Gasteiger partial charge in [-0.25, -0.2) is 0 Å². The fourth-order valence-corrected chi connectivity index (χ4v) is 5.22. The minimum absolute atomic E-state index is 0.0912. The molecular weight excluding hydrogens is 288 g/mol. The second kappa shape index (κ2) is 5.07. The number of hydrogen-bond acceptors (Lipinski definition) is 3. The van der Waals surface area contributed by atoms with E-state index >= 15 is 0 Å². The summed E-state index contributed by atoms with van der Waals surface area (Å²) in [6, 6.07) is 3.60. The zero-order valence-corrected chi connectivity index (χ0v) is 14.8. The van der Waals surface area contributed by atoms with Gasteiger partial charge in [-0.05, 0) is 52.8 Å². The molecule has 23 heavy (non-hydrogen) atoms. The van der Waals surface area contributed by atoms with Crippen molar-refractivity contribution < 1.29 is 15.0 Å². The molecule has 0 aliphatic heterocycles. The lowest BCUT2D eigenvalue weighted by Gasteiger charge is -2.55. The third-order valence-corrected chi connectivity index (χ3v) is 6.30. The summed E-state index contributed by atoms with van der Waals surface area (Å²) in [7, 11) is 0. The van der Waals surface area contributed by atoms with Crippen LogP contribution >= 0.6 is 0 Å². The lowest BCUT2D eigenvalue weighted by Crippen LogP contribution is -2.56. The Bertz CT molecular complexity index is 659. The molecule has 2 aliphatic rings. The molecule has 1 aromatic rings. The third-order valence-electron chi connectivity index (χ3n) is 6.30. The molecule has 0 heterocycles. The van der Waals surface area contributed by atoms with Gasteiger partial charge in [0.25, 0.3) is 0 Å². The van der Waals surface area contributed by atoms with E-state index in [4.69, 9.17) is 0 Å². The number of aromatic hydroxyl groups is 1. The SMILES string of the molecule is CC(C)c1cc2c(cc1O)[C@@]1(C)CCCC(C)(C)[C@@H]1[C@H](O)C2=O. The predicted octanol–water partition coefficient (Wildman–Crippen LogP) is 4.16. The van der Waals surface area contributed by atoms with Crippen LogP contribution in [0.2, 0.25) is 0 Å². The predicted molar refractivity (Wildman–Crippen MR) is 91.0 cm³/mol. The molecule has 3 atom stereocenters. The first-order valence-electron chi connectivity index (χ1n) is 8.69. The maximum Gasteiger partial charge on any atom is 0.191 e. The summed E-state index contributed by atoms with van der Waals surface area (Å²) < 4.78 is 0. The average molecular weight is 316 g/mol. The van der Waals surface area contributed by atoms with Gasteiger partial charge >= 0.3 is 0 Å². The topological polar surface area (TPSA) is 57.5 Å². The molecule has 2 N–H and O–H groups in total. The number of phenols is 1. The molecule has 3 rings (SSSR count). The van der Waals surface area contributed by atoms with Crippen molar-refractivity contribution in [2.24, 2.45) is 11.3 Å². The van der Waals surface area contributed by atoms with Crippen LogP contribution in [-0.2, 0) is 5.41 Å². The zero-order valence-electron chi connectivity index (χ0n) is 14.8. The maximum atomic E-state index is 12.9. The summed E-state index contributed by atoms with van der Waals surface area (Å²) in [6.07, 6.45) is 2.09. The van der Waals surface area contributed by atoms with Gasteiger partial charge < -0.3 is 10.2 Å². The standard InChI is InChI=1S/C20H28O3/c1-11(2)12-9-13-14(10-15(12)21)20(5)8-6-7-19(3,4)18(20)17(23)16(13)22/h9-11,17-18,21,23H,6-8H2,1-5H3/t17-,18+,20-/m1/s1. The first kappa shape index (κ1) is 16.5. The van der Waals surface area contributed by atoms with Crippen LogP contribution in [0.1, 0.15) is 81.3 Å². The summed E-state index contributed by atoms with van der Waals surface area (Å²) in [4.78, 5) is 12.9.